The summed E-state index contributed by atoms with van der Waals surface area (Å²) in [6, 6.07) is 5.92. The van der Waals surface area contributed by atoms with Crippen LogP contribution in [0.25, 0.3) is 11.5 Å². The first-order valence-corrected chi connectivity index (χ1v) is 8.12. The maximum atomic E-state index is 13.2. The van der Waals surface area contributed by atoms with E-state index in [2.05, 4.69) is 20.3 Å². The lowest BCUT2D eigenvalue weighted by atomic mass is 9.93. The van der Waals surface area contributed by atoms with Gasteiger partial charge in [0, 0.05) is 25.4 Å². The van der Waals surface area contributed by atoms with Crippen molar-refractivity contribution in [3.05, 3.63) is 36.2 Å². The Labute approximate surface area is 143 Å². The smallest absolute Gasteiger partial charge is 0.381 e. The molecule has 2 aromatic heterocycles. The number of alkyl halides is 3. The number of hydrogen-bond acceptors (Lipinski definition) is 5. The zero-order valence-electron chi connectivity index (χ0n) is 13.8. The van der Waals surface area contributed by atoms with Crippen LogP contribution in [-0.4, -0.2) is 34.2 Å². The molecule has 1 aliphatic rings. The van der Waals surface area contributed by atoms with E-state index in [0.717, 1.165) is 31.7 Å². The first kappa shape index (κ1) is 17.6. The van der Waals surface area contributed by atoms with Crippen molar-refractivity contribution in [3.63, 3.8) is 0 Å². The molecule has 2 aromatic rings. The average molecular weight is 352 g/mol. The van der Waals surface area contributed by atoms with E-state index in [4.69, 9.17) is 4.74 Å². The number of halogens is 3. The Hall–Kier alpha value is -2.22. The van der Waals surface area contributed by atoms with Crippen LogP contribution in [0.2, 0.25) is 0 Å². The van der Waals surface area contributed by atoms with E-state index in [9.17, 15) is 13.2 Å². The number of nitrogens with zero attached hydrogens (tertiary/aromatic N) is 3. The summed E-state index contributed by atoms with van der Waals surface area (Å²) in [5.74, 6) is 0.113. The topological polar surface area (TPSA) is 59.9 Å². The molecule has 1 fully saturated rings. The van der Waals surface area contributed by atoms with Gasteiger partial charge in [0.05, 0.1) is 6.10 Å². The van der Waals surface area contributed by atoms with Gasteiger partial charge >= 0.3 is 6.18 Å². The predicted molar refractivity (Wildman–Crippen MR) is 86.9 cm³/mol. The Bertz CT molecular complexity index is 709. The first-order valence-electron chi connectivity index (χ1n) is 8.12. The standard InChI is InChI=1S/C17H19F3N4O/c1-25-12-6-4-5-11(9-12)22-15-10-14(17(18,19)20)23-16(24-15)13-7-2-3-8-21-13/h2-3,7-8,10-12H,4-6,9H2,1H3,(H,22,23,24). The Morgan fingerprint density at radius 2 is 2.04 bits per heavy atom. The van der Waals surface area contributed by atoms with Crippen LogP contribution in [0.3, 0.4) is 0 Å². The maximum absolute atomic E-state index is 13.2. The van der Waals surface area contributed by atoms with Crippen LogP contribution in [0.1, 0.15) is 31.4 Å². The van der Waals surface area contributed by atoms with Crippen molar-refractivity contribution in [2.75, 3.05) is 12.4 Å². The maximum Gasteiger partial charge on any atom is 0.433 e. The molecular weight excluding hydrogens is 333 g/mol. The highest BCUT2D eigenvalue weighted by atomic mass is 19.4. The van der Waals surface area contributed by atoms with Gasteiger partial charge in [-0.25, -0.2) is 9.97 Å². The molecule has 2 unspecified atom stereocenters. The number of nitrogens with one attached hydrogen (secondary N) is 1. The van der Waals surface area contributed by atoms with Crippen molar-refractivity contribution in [2.45, 2.75) is 44.0 Å². The molecular formula is C17H19F3N4O. The van der Waals surface area contributed by atoms with Crippen LogP contribution >= 0.6 is 0 Å². The third-order valence-corrected chi connectivity index (χ3v) is 4.22. The lowest BCUT2D eigenvalue weighted by Crippen LogP contribution is -2.31. The molecule has 5 nitrogen and oxygen atoms in total. The highest BCUT2D eigenvalue weighted by Gasteiger charge is 2.34. The van der Waals surface area contributed by atoms with Crippen LogP contribution in [-0.2, 0) is 10.9 Å². The van der Waals surface area contributed by atoms with Gasteiger partial charge in [0.1, 0.15) is 11.5 Å². The van der Waals surface area contributed by atoms with Crippen LogP contribution in [0.4, 0.5) is 19.0 Å². The molecule has 1 N–H and O–H groups in total. The molecule has 0 radical (unpaired) electrons. The fourth-order valence-electron chi connectivity index (χ4n) is 2.98. The van der Waals surface area contributed by atoms with E-state index in [0.29, 0.717) is 5.69 Å². The van der Waals surface area contributed by atoms with E-state index in [-0.39, 0.29) is 23.8 Å². The van der Waals surface area contributed by atoms with Crippen molar-refractivity contribution in [1.29, 1.82) is 0 Å². The van der Waals surface area contributed by atoms with E-state index in [1.54, 1.807) is 25.3 Å². The number of aromatic nitrogens is 3. The molecule has 3 rings (SSSR count). The summed E-state index contributed by atoms with van der Waals surface area (Å²) in [5.41, 5.74) is -0.681. The van der Waals surface area contributed by atoms with E-state index < -0.39 is 11.9 Å². The molecule has 0 aromatic carbocycles. The number of rotatable bonds is 4. The molecule has 0 aliphatic heterocycles. The molecule has 0 amide bonds. The predicted octanol–water partition coefficient (Wildman–Crippen LogP) is 3.93. The number of methoxy groups -OCH3 is 1. The molecule has 0 saturated heterocycles. The molecule has 0 bridgehead atoms. The number of hydrogen-bond donors (Lipinski definition) is 1. The third-order valence-electron chi connectivity index (χ3n) is 4.22. The minimum absolute atomic E-state index is 0.0197. The molecule has 134 valence electrons. The summed E-state index contributed by atoms with van der Waals surface area (Å²) in [6.45, 7) is 0. The minimum Gasteiger partial charge on any atom is -0.381 e. The second-order valence-corrected chi connectivity index (χ2v) is 6.04. The summed E-state index contributed by atoms with van der Waals surface area (Å²) >= 11 is 0. The van der Waals surface area contributed by atoms with Crippen LogP contribution in [0.5, 0.6) is 0 Å². The molecule has 1 saturated carbocycles. The summed E-state index contributed by atoms with van der Waals surface area (Å²) in [5, 5.41) is 3.11. The van der Waals surface area contributed by atoms with Crippen LogP contribution in [0, 0.1) is 0 Å². The largest absolute Gasteiger partial charge is 0.433 e. The van der Waals surface area contributed by atoms with Gasteiger partial charge in [-0.2, -0.15) is 13.2 Å². The van der Waals surface area contributed by atoms with Gasteiger partial charge in [0.15, 0.2) is 11.5 Å². The summed E-state index contributed by atoms with van der Waals surface area (Å²) in [7, 11) is 1.65. The van der Waals surface area contributed by atoms with E-state index in [1.165, 1.54) is 6.20 Å². The van der Waals surface area contributed by atoms with Crippen molar-refractivity contribution < 1.29 is 17.9 Å². The first-order chi connectivity index (χ1) is 12.0. The molecule has 2 heterocycles. The molecule has 8 heteroatoms. The van der Waals surface area contributed by atoms with Crippen molar-refractivity contribution in [3.8, 4) is 11.5 Å². The van der Waals surface area contributed by atoms with Gasteiger partial charge in [-0.3, -0.25) is 4.98 Å². The minimum atomic E-state index is -4.55. The van der Waals surface area contributed by atoms with Gasteiger partial charge in [0.2, 0.25) is 0 Å². The summed E-state index contributed by atoms with van der Waals surface area (Å²) in [6.07, 6.45) is 0.586. The Morgan fingerprint density at radius 3 is 2.72 bits per heavy atom. The molecule has 2 atom stereocenters. The van der Waals surface area contributed by atoms with Gasteiger partial charge in [0.25, 0.3) is 0 Å². The Morgan fingerprint density at radius 1 is 1.20 bits per heavy atom. The Kier molecular flexibility index (Phi) is 5.17. The molecule has 1 aliphatic carbocycles. The normalized spacial score (nSPS) is 21.1. The molecule has 25 heavy (non-hydrogen) atoms. The van der Waals surface area contributed by atoms with Crippen molar-refractivity contribution in [1.82, 2.24) is 15.0 Å². The number of ether oxygens (including phenoxy) is 1. The zero-order chi connectivity index (χ0) is 17.9. The second kappa shape index (κ2) is 7.35. The van der Waals surface area contributed by atoms with Gasteiger partial charge < -0.3 is 10.1 Å². The van der Waals surface area contributed by atoms with Gasteiger partial charge in [-0.15, -0.1) is 0 Å². The fourth-order valence-corrected chi connectivity index (χ4v) is 2.98. The van der Waals surface area contributed by atoms with Gasteiger partial charge in [-0.05, 0) is 37.8 Å². The number of anilines is 1. The average Bonchev–Trinajstić information content (AvgIpc) is 2.61. The molecule has 0 spiro atoms. The van der Waals surface area contributed by atoms with Crippen LogP contribution in [0.15, 0.2) is 30.5 Å². The summed E-state index contributed by atoms with van der Waals surface area (Å²) in [4.78, 5) is 11.9. The lowest BCUT2D eigenvalue weighted by molar-refractivity contribution is -0.141. The highest BCUT2D eigenvalue weighted by molar-refractivity contribution is 5.53. The summed E-state index contributed by atoms with van der Waals surface area (Å²) < 4.78 is 45.0. The SMILES string of the molecule is COC1CCCC(Nc2cc(C(F)(F)F)nc(-c3ccccn3)n2)C1. The monoisotopic (exact) mass is 352 g/mol. The number of pyridine rings is 1. The zero-order valence-corrected chi connectivity index (χ0v) is 13.8. The van der Waals surface area contributed by atoms with Gasteiger partial charge in [-0.1, -0.05) is 6.07 Å². The lowest BCUT2D eigenvalue weighted by Gasteiger charge is -2.29. The fraction of sp³-hybridized carbons (Fsp3) is 0.471. The van der Waals surface area contributed by atoms with E-state index >= 15 is 0 Å². The second-order valence-electron chi connectivity index (χ2n) is 6.04. The van der Waals surface area contributed by atoms with Crippen LogP contribution < -0.4 is 5.32 Å². The van der Waals surface area contributed by atoms with Crippen molar-refractivity contribution >= 4 is 5.82 Å². The highest BCUT2D eigenvalue weighted by Crippen LogP contribution is 2.31. The van der Waals surface area contributed by atoms with Crippen molar-refractivity contribution in [2.24, 2.45) is 0 Å². The third kappa shape index (κ3) is 4.45. The van der Waals surface area contributed by atoms with E-state index in [1.807, 2.05) is 0 Å². The quantitative estimate of drug-likeness (QED) is 0.903. The Balaban J connectivity index is 1.90.